The van der Waals surface area contributed by atoms with Gasteiger partial charge < -0.3 is 5.32 Å². The van der Waals surface area contributed by atoms with E-state index < -0.39 is 24.4 Å². The maximum atomic E-state index is 12.2. The second kappa shape index (κ2) is 8.08. The lowest BCUT2D eigenvalue weighted by atomic mass is 9.76. The van der Waals surface area contributed by atoms with E-state index in [9.17, 15) is 22.8 Å². The number of alkyl halides is 3. The van der Waals surface area contributed by atoms with Crippen LogP contribution in [0.4, 0.5) is 13.2 Å². The Labute approximate surface area is 160 Å². The smallest absolute Gasteiger partial charge is 0.341 e. The molecule has 5 nitrogen and oxygen atoms in total. The number of rotatable bonds is 6. The third-order valence-electron chi connectivity index (χ3n) is 5.14. The molecule has 2 aromatic rings. The Balaban J connectivity index is 1.67. The highest BCUT2D eigenvalue weighted by Gasteiger charge is 2.39. The van der Waals surface area contributed by atoms with E-state index in [0.29, 0.717) is 12.2 Å². The topological polar surface area (TPSA) is 72.0 Å². The van der Waals surface area contributed by atoms with Crippen molar-refractivity contribution in [3.63, 3.8) is 0 Å². The van der Waals surface area contributed by atoms with E-state index >= 15 is 0 Å². The van der Waals surface area contributed by atoms with Crippen molar-refractivity contribution in [3.05, 3.63) is 59.7 Å². The number of hydrogen-bond donors (Lipinski definition) is 1. The van der Waals surface area contributed by atoms with Crippen molar-refractivity contribution < 1.29 is 22.8 Å². The van der Waals surface area contributed by atoms with Gasteiger partial charge in [-0.25, -0.2) is 9.97 Å². The summed E-state index contributed by atoms with van der Waals surface area (Å²) in [5, 5.41) is 1.55. The van der Waals surface area contributed by atoms with E-state index in [0.717, 1.165) is 25.7 Å². The molecule has 1 N–H and O–H groups in total. The molecule has 0 unspecified atom stereocenters. The van der Waals surface area contributed by atoms with Crippen LogP contribution in [0.1, 0.15) is 47.4 Å². The predicted octanol–water partition coefficient (Wildman–Crippen LogP) is 3.39. The molecular formula is C20H20F3N3O2. The summed E-state index contributed by atoms with van der Waals surface area (Å²) in [5.41, 5.74) is 1.27. The van der Waals surface area contributed by atoms with Crippen LogP contribution in [0.2, 0.25) is 0 Å². The summed E-state index contributed by atoms with van der Waals surface area (Å²) in [6, 6.07) is 10.2. The van der Waals surface area contributed by atoms with Gasteiger partial charge in [-0.15, -0.1) is 0 Å². The van der Waals surface area contributed by atoms with Gasteiger partial charge >= 0.3 is 12.1 Å². The highest BCUT2D eigenvalue weighted by Crippen LogP contribution is 2.43. The van der Waals surface area contributed by atoms with Crippen molar-refractivity contribution in [1.29, 1.82) is 0 Å². The molecule has 0 spiro atoms. The summed E-state index contributed by atoms with van der Waals surface area (Å²) in [5.74, 6) is -2.24. The first kappa shape index (κ1) is 20.0. The summed E-state index contributed by atoms with van der Waals surface area (Å²) < 4.78 is 36.5. The van der Waals surface area contributed by atoms with Gasteiger partial charge in [0.2, 0.25) is 0 Å². The lowest BCUT2D eigenvalue weighted by Crippen LogP contribution is -2.39. The molecule has 1 fully saturated rings. The standard InChI is InChI=1S/C20H20F3N3O2/c21-20(22,23)18(28)26-13-16(27)14-11-24-17(25-12-14)10-19(8-4-5-9-19)15-6-2-1-3-7-15/h1-3,6-7,11-12H,4-5,8-10,13H2,(H,26,28). The van der Waals surface area contributed by atoms with Crippen molar-refractivity contribution >= 4 is 11.7 Å². The molecule has 28 heavy (non-hydrogen) atoms. The highest BCUT2D eigenvalue weighted by atomic mass is 19.4. The molecule has 0 saturated heterocycles. The molecule has 0 atom stereocenters. The monoisotopic (exact) mass is 391 g/mol. The van der Waals surface area contributed by atoms with Crippen LogP contribution >= 0.6 is 0 Å². The Morgan fingerprint density at radius 3 is 2.21 bits per heavy atom. The molecule has 8 heteroatoms. The largest absolute Gasteiger partial charge is 0.471 e. The fourth-order valence-electron chi connectivity index (χ4n) is 3.67. The Morgan fingerprint density at radius 2 is 1.64 bits per heavy atom. The first-order valence-corrected chi connectivity index (χ1v) is 9.05. The maximum absolute atomic E-state index is 12.2. The number of benzene rings is 1. The minimum atomic E-state index is -5.02. The zero-order chi connectivity index (χ0) is 20.2. The van der Waals surface area contributed by atoms with Crippen LogP contribution < -0.4 is 5.32 Å². The number of nitrogens with zero attached hydrogens (tertiary/aromatic N) is 2. The van der Waals surface area contributed by atoms with Gasteiger partial charge in [-0.1, -0.05) is 43.2 Å². The van der Waals surface area contributed by atoms with E-state index in [1.165, 1.54) is 18.0 Å². The van der Waals surface area contributed by atoms with Crippen LogP contribution in [0.5, 0.6) is 0 Å². The van der Waals surface area contributed by atoms with Crippen LogP contribution in [-0.2, 0) is 16.6 Å². The number of nitrogens with one attached hydrogen (secondary N) is 1. The molecule has 1 aromatic carbocycles. The summed E-state index contributed by atoms with van der Waals surface area (Å²) >= 11 is 0. The van der Waals surface area contributed by atoms with Crippen LogP contribution in [0.3, 0.4) is 0 Å². The quantitative estimate of drug-likeness (QED) is 0.767. The Hall–Kier alpha value is -2.77. The van der Waals surface area contributed by atoms with E-state index in [1.54, 1.807) is 5.32 Å². The predicted molar refractivity (Wildman–Crippen MR) is 95.7 cm³/mol. The third kappa shape index (κ3) is 4.55. The highest BCUT2D eigenvalue weighted by molar-refractivity contribution is 5.99. The summed E-state index contributed by atoms with van der Waals surface area (Å²) in [6.45, 7) is -0.755. The van der Waals surface area contributed by atoms with Gasteiger partial charge in [0.1, 0.15) is 5.82 Å². The Morgan fingerprint density at radius 1 is 1.04 bits per heavy atom. The second-order valence-electron chi connectivity index (χ2n) is 7.02. The average Bonchev–Trinajstić information content (AvgIpc) is 3.16. The number of halogens is 3. The first-order valence-electron chi connectivity index (χ1n) is 9.05. The Kier molecular flexibility index (Phi) is 5.76. The van der Waals surface area contributed by atoms with Gasteiger partial charge in [-0.3, -0.25) is 9.59 Å². The third-order valence-corrected chi connectivity index (χ3v) is 5.14. The summed E-state index contributed by atoms with van der Waals surface area (Å²) in [7, 11) is 0. The molecule has 1 amide bonds. The van der Waals surface area contributed by atoms with Crippen LogP contribution in [0, 0.1) is 0 Å². The molecule has 0 radical (unpaired) electrons. The van der Waals surface area contributed by atoms with Gasteiger partial charge in [0.15, 0.2) is 5.78 Å². The molecule has 1 heterocycles. The molecule has 0 bridgehead atoms. The molecule has 1 aliphatic rings. The van der Waals surface area contributed by atoms with Gasteiger partial charge in [0.25, 0.3) is 0 Å². The summed E-state index contributed by atoms with van der Waals surface area (Å²) in [6.07, 6.45) is 2.55. The number of hydrogen-bond acceptors (Lipinski definition) is 4. The minimum Gasteiger partial charge on any atom is -0.341 e. The van der Waals surface area contributed by atoms with Crippen LogP contribution in [-0.4, -0.2) is 34.4 Å². The minimum absolute atomic E-state index is 0.0343. The molecule has 0 aliphatic heterocycles. The zero-order valence-electron chi connectivity index (χ0n) is 15.1. The normalized spacial score (nSPS) is 16.0. The lowest BCUT2D eigenvalue weighted by Gasteiger charge is -2.29. The molecule has 1 saturated carbocycles. The number of carbonyl (C=O) groups is 2. The molecule has 1 aromatic heterocycles. The van der Waals surface area contributed by atoms with Crippen LogP contribution in [0.25, 0.3) is 0 Å². The molecule has 3 rings (SSSR count). The first-order chi connectivity index (χ1) is 13.3. The number of Topliss-reactive ketones (excluding diaryl/α,β-unsaturated/α-hetero) is 1. The number of carbonyl (C=O) groups excluding carboxylic acids is 2. The lowest BCUT2D eigenvalue weighted by molar-refractivity contribution is -0.173. The van der Waals surface area contributed by atoms with Crippen molar-refractivity contribution in [2.24, 2.45) is 0 Å². The van der Waals surface area contributed by atoms with Crippen molar-refractivity contribution in [2.45, 2.75) is 43.7 Å². The average molecular weight is 391 g/mol. The van der Waals surface area contributed by atoms with Gasteiger partial charge in [0.05, 0.1) is 12.1 Å². The van der Waals surface area contributed by atoms with E-state index in [-0.39, 0.29) is 11.0 Å². The second-order valence-corrected chi connectivity index (χ2v) is 7.02. The van der Waals surface area contributed by atoms with Crippen molar-refractivity contribution in [1.82, 2.24) is 15.3 Å². The molecule has 148 valence electrons. The molecule has 1 aliphatic carbocycles. The molecular weight excluding hydrogens is 371 g/mol. The maximum Gasteiger partial charge on any atom is 0.471 e. The zero-order valence-corrected chi connectivity index (χ0v) is 15.1. The summed E-state index contributed by atoms with van der Waals surface area (Å²) in [4.78, 5) is 31.2. The van der Waals surface area contributed by atoms with E-state index in [4.69, 9.17) is 0 Å². The number of amides is 1. The Bertz CT molecular complexity index is 830. The fourth-order valence-corrected chi connectivity index (χ4v) is 3.67. The fraction of sp³-hybridized carbons (Fsp3) is 0.400. The van der Waals surface area contributed by atoms with Crippen LogP contribution in [0.15, 0.2) is 42.7 Å². The van der Waals surface area contributed by atoms with Gasteiger partial charge in [0, 0.05) is 24.2 Å². The van der Waals surface area contributed by atoms with E-state index in [2.05, 4.69) is 22.1 Å². The van der Waals surface area contributed by atoms with Gasteiger partial charge in [-0.05, 0) is 18.4 Å². The number of ketones is 1. The van der Waals surface area contributed by atoms with Gasteiger partial charge in [-0.2, -0.15) is 13.2 Å². The van der Waals surface area contributed by atoms with Crippen molar-refractivity contribution in [2.75, 3.05) is 6.54 Å². The van der Waals surface area contributed by atoms with Crippen molar-refractivity contribution in [3.8, 4) is 0 Å². The van der Waals surface area contributed by atoms with E-state index in [1.807, 2.05) is 18.2 Å². The SMILES string of the molecule is O=C(CNC(=O)C(F)(F)F)c1cnc(CC2(c3ccccc3)CCCC2)nc1. The number of aromatic nitrogens is 2.